The van der Waals surface area contributed by atoms with Crippen LogP contribution in [0.25, 0.3) is 6.08 Å². The highest BCUT2D eigenvalue weighted by Crippen LogP contribution is 2.19. The second-order valence-corrected chi connectivity index (χ2v) is 3.89. The molecule has 0 amide bonds. The Balaban J connectivity index is 1.98. The normalized spacial score (nSPS) is 10.6. The first-order valence-corrected chi connectivity index (χ1v) is 5.89. The van der Waals surface area contributed by atoms with E-state index in [1.807, 2.05) is 42.5 Å². The summed E-state index contributed by atoms with van der Waals surface area (Å²) in [7, 11) is 0. The molecule has 0 N–H and O–H groups in total. The molecule has 0 unspecified atom stereocenters. The van der Waals surface area contributed by atoms with Gasteiger partial charge in [0.1, 0.15) is 18.2 Å². The maximum atomic E-state index is 13.3. The van der Waals surface area contributed by atoms with Gasteiger partial charge in [-0.05, 0) is 23.8 Å². The first-order valence-electron chi connectivity index (χ1n) is 5.89. The minimum atomic E-state index is -0.570. The summed E-state index contributed by atoms with van der Waals surface area (Å²) in [5, 5.41) is 0. The van der Waals surface area contributed by atoms with Gasteiger partial charge < -0.3 is 4.74 Å². The molecular formula is C16H13FO2. The molecule has 0 radical (unpaired) electrons. The average molecular weight is 256 g/mol. The number of aldehydes is 1. The number of benzene rings is 2. The van der Waals surface area contributed by atoms with Crippen LogP contribution < -0.4 is 4.74 Å². The van der Waals surface area contributed by atoms with Crippen LogP contribution in [0, 0.1) is 5.82 Å². The first-order chi connectivity index (χ1) is 9.31. The van der Waals surface area contributed by atoms with E-state index in [1.54, 1.807) is 6.07 Å². The van der Waals surface area contributed by atoms with Crippen LogP contribution >= 0.6 is 0 Å². The van der Waals surface area contributed by atoms with Gasteiger partial charge in [-0.15, -0.1) is 0 Å². The van der Waals surface area contributed by atoms with Gasteiger partial charge in [0.2, 0.25) is 0 Å². The standard InChI is InChI=1S/C16H13FO2/c17-15-9-4-10-16(14(15)12-18)19-11-5-8-13-6-2-1-3-7-13/h1-10,12H,11H2/b8-5+. The Morgan fingerprint density at radius 1 is 1.05 bits per heavy atom. The third kappa shape index (κ3) is 3.52. The molecule has 0 saturated heterocycles. The molecule has 19 heavy (non-hydrogen) atoms. The quantitative estimate of drug-likeness (QED) is 0.762. The van der Waals surface area contributed by atoms with Gasteiger partial charge in [0.05, 0.1) is 5.56 Å². The van der Waals surface area contributed by atoms with E-state index in [2.05, 4.69) is 0 Å². The lowest BCUT2D eigenvalue weighted by molar-refractivity contribution is 0.111. The number of hydrogen-bond acceptors (Lipinski definition) is 2. The fraction of sp³-hybridized carbons (Fsp3) is 0.0625. The lowest BCUT2D eigenvalue weighted by Gasteiger charge is -2.06. The summed E-state index contributed by atoms with van der Waals surface area (Å²) in [5.41, 5.74) is 1.01. The fourth-order valence-corrected chi connectivity index (χ4v) is 1.64. The zero-order valence-electron chi connectivity index (χ0n) is 10.3. The van der Waals surface area contributed by atoms with Gasteiger partial charge >= 0.3 is 0 Å². The van der Waals surface area contributed by atoms with Crippen molar-refractivity contribution in [3.63, 3.8) is 0 Å². The van der Waals surface area contributed by atoms with E-state index in [4.69, 9.17) is 4.74 Å². The Kier molecular flexibility index (Phi) is 4.45. The van der Waals surface area contributed by atoms with Gasteiger partial charge in [0, 0.05) is 0 Å². The second-order valence-electron chi connectivity index (χ2n) is 3.89. The summed E-state index contributed by atoms with van der Waals surface area (Å²) in [4.78, 5) is 10.8. The maximum absolute atomic E-state index is 13.3. The third-order valence-corrected chi connectivity index (χ3v) is 2.58. The van der Waals surface area contributed by atoms with Crippen LogP contribution in [0.2, 0.25) is 0 Å². The van der Waals surface area contributed by atoms with Crippen LogP contribution in [-0.2, 0) is 0 Å². The summed E-state index contributed by atoms with van der Waals surface area (Å²) >= 11 is 0. The minimum absolute atomic E-state index is 0.0457. The monoisotopic (exact) mass is 256 g/mol. The highest BCUT2D eigenvalue weighted by Gasteiger charge is 2.07. The van der Waals surface area contributed by atoms with E-state index < -0.39 is 5.82 Å². The lowest BCUT2D eigenvalue weighted by atomic mass is 10.2. The average Bonchev–Trinajstić information content (AvgIpc) is 2.45. The molecule has 0 fully saturated rings. The van der Waals surface area contributed by atoms with Crippen molar-refractivity contribution < 1.29 is 13.9 Å². The van der Waals surface area contributed by atoms with E-state index in [1.165, 1.54) is 12.1 Å². The molecule has 2 aromatic rings. The molecular weight excluding hydrogens is 243 g/mol. The number of ether oxygens (including phenoxy) is 1. The molecule has 3 heteroatoms. The van der Waals surface area contributed by atoms with Crippen molar-refractivity contribution in [2.45, 2.75) is 0 Å². The molecule has 0 spiro atoms. The Bertz CT molecular complexity index is 577. The van der Waals surface area contributed by atoms with E-state index in [0.717, 1.165) is 5.56 Å². The summed E-state index contributed by atoms with van der Waals surface area (Å²) in [6.45, 7) is 0.277. The highest BCUT2D eigenvalue weighted by molar-refractivity contribution is 5.79. The van der Waals surface area contributed by atoms with Crippen molar-refractivity contribution in [3.8, 4) is 5.75 Å². The van der Waals surface area contributed by atoms with Crippen LogP contribution in [0.1, 0.15) is 15.9 Å². The molecule has 2 nitrogen and oxygen atoms in total. The topological polar surface area (TPSA) is 26.3 Å². The Labute approximate surface area is 111 Å². The maximum Gasteiger partial charge on any atom is 0.156 e. The highest BCUT2D eigenvalue weighted by atomic mass is 19.1. The SMILES string of the molecule is O=Cc1c(F)cccc1OC/C=C/c1ccccc1. The number of carbonyl (C=O) groups excluding carboxylic acids is 1. The fourth-order valence-electron chi connectivity index (χ4n) is 1.64. The van der Waals surface area contributed by atoms with E-state index in [0.29, 0.717) is 6.29 Å². The Hall–Kier alpha value is -2.42. The van der Waals surface area contributed by atoms with Crippen LogP contribution in [-0.4, -0.2) is 12.9 Å². The smallest absolute Gasteiger partial charge is 0.156 e. The zero-order chi connectivity index (χ0) is 13.5. The van der Waals surface area contributed by atoms with E-state index in [9.17, 15) is 9.18 Å². The van der Waals surface area contributed by atoms with E-state index in [-0.39, 0.29) is 17.9 Å². The molecule has 96 valence electrons. The molecule has 0 saturated carbocycles. The summed E-state index contributed by atoms with van der Waals surface area (Å²) < 4.78 is 18.7. The van der Waals surface area contributed by atoms with Crippen LogP contribution in [0.3, 0.4) is 0 Å². The molecule has 0 aliphatic carbocycles. The van der Waals surface area contributed by atoms with Crippen molar-refractivity contribution in [1.82, 2.24) is 0 Å². The number of carbonyl (C=O) groups is 1. The molecule has 0 aliphatic heterocycles. The van der Waals surface area contributed by atoms with Gasteiger partial charge in [0.15, 0.2) is 6.29 Å². The van der Waals surface area contributed by atoms with Crippen molar-refractivity contribution in [1.29, 1.82) is 0 Å². The molecule has 0 bridgehead atoms. The molecule has 0 aromatic heterocycles. The lowest BCUT2D eigenvalue weighted by Crippen LogP contribution is -1.99. The van der Waals surface area contributed by atoms with Crippen molar-refractivity contribution in [2.24, 2.45) is 0 Å². The number of halogens is 1. The Morgan fingerprint density at radius 2 is 1.84 bits per heavy atom. The minimum Gasteiger partial charge on any atom is -0.489 e. The molecule has 0 aliphatic rings. The number of rotatable bonds is 5. The third-order valence-electron chi connectivity index (χ3n) is 2.58. The first kappa shape index (κ1) is 13.0. The van der Waals surface area contributed by atoms with Crippen LogP contribution in [0.5, 0.6) is 5.75 Å². The van der Waals surface area contributed by atoms with Crippen molar-refractivity contribution in [3.05, 3.63) is 71.6 Å². The largest absolute Gasteiger partial charge is 0.489 e. The molecule has 0 atom stereocenters. The predicted octanol–water partition coefficient (Wildman–Crippen LogP) is 3.73. The second kappa shape index (κ2) is 6.50. The van der Waals surface area contributed by atoms with Gasteiger partial charge in [-0.3, -0.25) is 4.79 Å². The number of hydrogen-bond donors (Lipinski definition) is 0. The summed E-state index contributed by atoms with van der Waals surface area (Å²) in [6, 6.07) is 14.1. The summed E-state index contributed by atoms with van der Waals surface area (Å²) in [5.74, 6) is -0.313. The molecule has 0 heterocycles. The van der Waals surface area contributed by atoms with Gasteiger partial charge in [-0.1, -0.05) is 42.5 Å². The van der Waals surface area contributed by atoms with Crippen molar-refractivity contribution >= 4 is 12.4 Å². The molecule has 2 rings (SSSR count). The van der Waals surface area contributed by atoms with Crippen molar-refractivity contribution in [2.75, 3.05) is 6.61 Å². The zero-order valence-corrected chi connectivity index (χ0v) is 10.3. The van der Waals surface area contributed by atoms with Crippen LogP contribution in [0.15, 0.2) is 54.6 Å². The Morgan fingerprint density at radius 3 is 2.58 bits per heavy atom. The van der Waals surface area contributed by atoms with Crippen LogP contribution in [0.4, 0.5) is 4.39 Å². The van der Waals surface area contributed by atoms with Gasteiger partial charge in [-0.25, -0.2) is 4.39 Å². The van der Waals surface area contributed by atoms with Gasteiger partial charge in [0.25, 0.3) is 0 Å². The predicted molar refractivity (Wildman–Crippen MR) is 72.8 cm³/mol. The van der Waals surface area contributed by atoms with E-state index >= 15 is 0 Å². The molecule has 2 aromatic carbocycles. The summed E-state index contributed by atoms with van der Waals surface area (Å²) in [6.07, 6.45) is 4.18. The van der Waals surface area contributed by atoms with Gasteiger partial charge in [-0.2, -0.15) is 0 Å².